The number of carbonyl (C=O) groups is 1. The molecule has 0 saturated carbocycles. The number of hydrogen-bond acceptors (Lipinski definition) is 5. The molecular weight excluding hydrogens is 521 g/mol. The van der Waals surface area contributed by atoms with Gasteiger partial charge in [0.05, 0.1) is 19.8 Å². The zero-order chi connectivity index (χ0) is 22.5. The van der Waals surface area contributed by atoms with Crippen LogP contribution in [0.25, 0.3) is 0 Å². The van der Waals surface area contributed by atoms with E-state index >= 15 is 0 Å². The summed E-state index contributed by atoms with van der Waals surface area (Å²) in [5.41, 5.74) is 0.525. The molecule has 0 spiro atoms. The zero-order valence-corrected chi connectivity index (χ0v) is 21.9. The van der Waals surface area contributed by atoms with Crippen molar-refractivity contribution < 1.29 is 14.6 Å². The van der Waals surface area contributed by atoms with Crippen LogP contribution in [0.1, 0.15) is 44.0 Å². The van der Waals surface area contributed by atoms with E-state index in [1.165, 1.54) is 12.1 Å². The first-order chi connectivity index (χ1) is 15.1. The van der Waals surface area contributed by atoms with Gasteiger partial charge >= 0.3 is 0 Å². The molecule has 1 saturated heterocycles. The second-order valence-corrected chi connectivity index (χ2v) is 7.74. The van der Waals surface area contributed by atoms with Gasteiger partial charge in [-0.2, -0.15) is 0 Å². The number of aliphatic imine (C=N–C) groups is 1. The summed E-state index contributed by atoms with van der Waals surface area (Å²) in [4.78, 5) is 19.6. The standard InChI is InChI=1S/C23H39N5O3.HI/c1-4-18(5-2)21(28-13-15-31-16-14-28)17-27-23(24-6-3)26-12-11-25-22(30)19-7-9-20(29)10-8-19;/h7-10,18,21,29H,4-6,11-17H2,1-3H3,(H,25,30)(H2,24,26,27);1H. The molecule has 1 heterocycles. The molecule has 0 aliphatic carbocycles. The number of nitrogens with one attached hydrogen (secondary N) is 3. The molecule has 1 aliphatic heterocycles. The molecule has 1 aromatic carbocycles. The predicted molar refractivity (Wildman–Crippen MR) is 140 cm³/mol. The number of aromatic hydroxyl groups is 1. The number of benzene rings is 1. The Morgan fingerprint density at radius 2 is 1.69 bits per heavy atom. The van der Waals surface area contributed by atoms with E-state index in [4.69, 9.17) is 9.73 Å². The van der Waals surface area contributed by atoms with Crippen LogP contribution in [0, 0.1) is 5.92 Å². The van der Waals surface area contributed by atoms with Gasteiger partial charge in [0, 0.05) is 44.3 Å². The molecule has 1 aromatic rings. The number of ether oxygens (including phenoxy) is 1. The molecule has 0 bridgehead atoms. The van der Waals surface area contributed by atoms with Gasteiger partial charge in [-0.3, -0.25) is 14.7 Å². The number of amides is 1. The van der Waals surface area contributed by atoms with Crippen LogP contribution in [-0.4, -0.2) is 80.4 Å². The molecule has 1 amide bonds. The highest BCUT2D eigenvalue weighted by atomic mass is 127. The SMILES string of the molecule is CCNC(=NCC(C(CC)CC)N1CCOCC1)NCCNC(=O)c1ccc(O)cc1.I. The molecule has 0 radical (unpaired) electrons. The van der Waals surface area contributed by atoms with Crippen molar-refractivity contribution in [3.05, 3.63) is 29.8 Å². The first kappa shape index (κ1) is 28.4. The molecule has 32 heavy (non-hydrogen) atoms. The van der Waals surface area contributed by atoms with Gasteiger partial charge in [-0.25, -0.2) is 0 Å². The monoisotopic (exact) mass is 561 g/mol. The van der Waals surface area contributed by atoms with Crippen molar-refractivity contribution in [2.45, 2.75) is 39.7 Å². The van der Waals surface area contributed by atoms with Gasteiger partial charge in [0.15, 0.2) is 5.96 Å². The van der Waals surface area contributed by atoms with Crippen LogP contribution in [0.2, 0.25) is 0 Å². The summed E-state index contributed by atoms with van der Waals surface area (Å²) in [6, 6.07) is 6.63. The van der Waals surface area contributed by atoms with Gasteiger partial charge in [0.25, 0.3) is 5.91 Å². The summed E-state index contributed by atoms with van der Waals surface area (Å²) in [7, 11) is 0. The molecule has 0 aromatic heterocycles. The minimum atomic E-state index is -0.162. The Kier molecular flexibility index (Phi) is 14.3. The fourth-order valence-electron chi connectivity index (χ4n) is 3.90. The molecular formula is C23H40IN5O3. The van der Waals surface area contributed by atoms with Crippen LogP contribution in [0.3, 0.4) is 0 Å². The van der Waals surface area contributed by atoms with Crippen molar-refractivity contribution in [3.8, 4) is 5.75 Å². The number of phenols is 1. The Balaban J connectivity index is 0.00000512. The number of rotatable bonds is 11. The molecule has 1 fully saturated rings. The summed E-state index contributed by atoms with van der Waals surface area (Å²) in [5.74, 6) is 1.36. The minimum Gasteiger partial charge on any atom is -0.508 e. The molecule has 9 heteroatoms. The Labute approximate surface area is 209 Å². The van der Waals surface area contributed by atoms with E-state index < -0.39 is 0 Å². The van der Waals surface area contributed by atoms with E-state index in [1.54, 1.807) is 12.1 Å². The van der Waals surface area contributed by atoms with Crippen molar-refractivity contribution in [1.82, 2.24) is 20.9 Å². The van der Waals surface area contributed by atoms with Gasteiger partial charge < -0.3 is 25.8 Å². The van der Waals surface area contributed by atoms with Crippen LogP contribution in [0.5, 0.6) is 5.75 Å². The maximum absolute atomic E-state index is 12.2. The number of morpholine rings is 1. The number of nitrogens with zero attached hydrogens (tertiary/aromatic N) is 2. The maximum atomic E-state index is 12.2. The Bertz CT molecular complexity index is 677. The summed E-state index contributed by atoms with van der Waals surface area (Å²) < 4.78 is 5.53. The van der Waals surface area contributed by atoms with Gasteiger partial charge in [-0.05, 0) is 37.1 Å². The Morgan fingerprint density at radius 1 is 1.06 bits per heavy atom. The maximum Gasteiger partial charge on any atom is 0.251 e. The third-order valence-electron chi connectivity index (χ3n) is 5.72. The van der Waals surface area contributed by atoms with Crippen LogP contribution >= 0.6 is 24.0 Å². The summed E-state index contributed by atoms with van der Waals surface area (Å²) in [5, 5.41) is 18.8. The van der Waals surface area contributed by atoms with Crippen molar-refractivity contribution in [1.29, 1.82) is 0 Å². The first-order valence-corrected chi connectivity index (χ1v) is 11.5. The number of carbonyl (C=O) groups excluding carboxylic acids is 1. The fourth-order valence-corrected chi connectivity index (χ4v) is 3.90. The van der Waals surface area contributed by atoms with Crippen LogP contribution in [0.15, 0.2) is 29.3 Å². The second-order valence-electron chi connectivity index (χ2n) is 7.74. The molecule has 182 valence electrons. The quantitative estimate of drug-likeness (QED) is 0.144. The van der Waals surface area contributed by atoms with Crippen molar-refractivity contribution in [2.24, 2.45) is 10.9 Å². The van der Waals surface area contributed by atoms with Crippen molar-refractivity contribution >= 4 is 35.8 Å². The highest BCUT2D eigenvalue weighted by Crippen LogP contribution is 2.20. The topological polar surface area (TPSA) is 98.2 Å². The Hall–Kier alpha value is -1.59. The van der Waals surface area contributed by atoms with Gasteiger partial charge in [0.2, 0.25) is 0 Å². The lowest BCUT2D eigenvalue weighted by atomic mass is 9.92. The van der Waals surface area contributed by atoms with E-state index in [9.17, 15) is 9.90 Å². The number of hydrogen-bond donors (Lipinski definition) is 4. The van der Waals surface area contributed by atoms with Crippen LogP contribution < -0.4 is 16.0 Å². The number of halogens is 1. The summed E-state index contributed by atoms with van der Waals surface area (Å²) in [6.45, 7) is 12.6. The third kappa shape index (κ3) is 9.50. The molecule has 2 rings (SSSR count). The first-order valence-electron chi connectivity index (χ1n) is 11.5. The van der Waals surface area contributed by atoms with E-state index in [1.807, 2.05) is 6.92 Å². The average molecular weight is 562 g/mol. The lowest BCUT2D eigenvalue weighted by Gasteiger charge is -2.38. The predicted octanol–water partition coefficient (Wildman–Crippen LogP) is 2.43. The van der Waals surface area contributed by atoms with E-state index in [0.717, 1.165) is 58.2 Å². The lowest BCUT2D eigenvalue weighted by Crippen LogP contribution is -2.49. The smallest absolute Gasteiger partial charge is 0.251 e. The van der Waals surface area contributed by atoms with Crippen molar-refractivity contribution in [3.63, 3.8) is 0 Å². The molecule has 1 unspecified atom stereocenters. The normalized spacial score (nSPS) is 15.7. The highest BCUT2D eigenvalue weighted by Gasteiger charge is 2.26. The molecule has 8 nitrogen and oxygen atoms in total. The number of phenolic OH excluding ortho intramolecular Hbond substituents is 1. The molecule has 1 aliphatic rings. The third-order valence-corrected chi connectivity index (χ3v) is 5.72. The Morgan fingerprint density at radius 3 is 2.28 bits per heavy atom. The van der Waals surface area contributed by atoms with Gasteiger partial charge in [-0.1, -0.05) is 26.7 Å². The number of guanidine groups is 1. The highest BCUT2D eigenvalue weighted by molar-refractivity contribution is 14.0. The zero-order valence-electron chi connectivity index (χ0n) is 19.6. The fraction of sp³-hybridized carbons (Fsp3) is 0.652. The minimum absolute atomic E-state index is 0. The van der Waals surface area contributed by atoms with Crippen molar-refractivity contribution in [2.75, 3.05) is 52.5 Å². The summed E-state index contributed by atoms with van der Waals surface area (Å²) >= 11 is 0. The molecule has 4 N–H and O–H groups in total. The van der Waals surface area contributed by atoms with Crippen LogP contribution in [0.4, 0.5) is 0 Å². The van der Waals surface area contributed by atoms with Gasteiger partial charge in [-0.15, -0.1) is 24.0 Å². The lowest BCUT2D eigenvalue weighted by molar-refractivity contribution is 0.00395. The largest absolute Gasteiger partial charge is 0.508 e. The van der Waals surface area contributed by atoms with E-state index in [2.05, 4.69) is 34.7 Å². The van der Waals surface area contributed by atoms with Crippen LogP contribution in [-0.2, 0) is 4.74 Å². The summed E-state index contributed by atoms with van der Waals surface area (Å²) in [6.07, 6.45) is 2.28. The molecule has 1 atom stereocenters. The van der Waals surface area contributed by atoms with E-state index in [-0.39, 0.29) is 35.6 Å². The second kappa shape index (κ2) is 16.1. The van der Waals surface area contributed by atoms with Gasteiger partial charge in [0.1, 0.15) is 5.75 Å². The average Bonchev–Trinajstić information content (AvgIpc) is 2.80. The van der Waals surface area contributed by atoms with E-state index in [0.29, 0.717) is 30.6 Å².